The van der Waals surface area contributed by atoms with Crippen molar-refractivity contribution in [2.24, 2.45) is 5.16 Å². The second-order valence-electron chi connectivity index (χ2n) is 6.10. The fraction of sp³-hybridized carbons (Fsp3) is 0.529. The molecule has 2 aliphatic rings. The number of nitrogens with zero attached hydrogens (tertiary/aromatic N) is 2. The van der Waals surface area contributed by atoms with Gasteiger partial charge in [-0.1, -0.05) is 11.2 Å². The van der Waals surface area contributed by atoms with Crippen LogP contribution in [-0.4, -0.2) is 43.3 Å². The molecule has 1 aromatic rings. The van der Waals surface area contributed by atoms with E-state index in [1.807, 2.05) is 32.3 Å². The monoisotopic (exact) mass is 301 g/mol. The molecule has 1 aliphatic carbocycles. The van der Waals surface area contributed by atoms with Crippen LogP contribution in [0.15, 0.2) is 23.4 Å². The van der Waals surface area contributed by atoms with Crippen LogP contribution in [-0.2, 0) is 4.84 Å². The van der Waals surface area contributed by atoms with Crippen molar-refractivity contribution in [3.63, 3.8) is 0 Å². The van der Waals surface area contributed by atoms with E-state index in [1.54, 1.807) is 4.90 Å². The molecule has 0 aromatic heterocycles. The van der Waals surface area contributed by atoms with Crippen LogP contribution < -0.4 is 4.74 Å². The summed E-state index contributed by atoms with van der Waals surface area (Å²) in [6, 6.07) is 5.93. The quantitative estimate of drug-likeness (QED) is 0.687. The summed E-state index contributed by atoms with van der Waals surface area (Å²) in [5, 5.41) is 12.3. The van der Waals surface area contributed by atoms with Crippen LogP contribution in [0.1, 0.15) is 43.2 Å². The predicted octanol–water partition coefficient (Wildman–Crippen LogP) is 3.02. The summed E-state index contributed by atoms with van der Waals surface area (Å²) >= 11 is 0. The number of ether oxygens (including phenoxy) is 1. The number of amidine groups is 1. The molecule has 1 heterocycles. The van der Waals surface area contributed by atoms with E-state index < -0.39 is 0 Å². The highest BCUT2D eigenvalue weighted by molar-refractivity contribution is 6.05. The van der Waals surface area contributed by atoms with Crippen LogP contribution >= 0.6 is 0 Å². The Morgan fingerprint density at radius 2 is 2.09 bits per heavy atom. The van der Waals surface area contributed by atoms with Crippen molar-refractivity contribution in [3.8, 4) is 5.75 Å². The Morgan fingerprint density at radius 3 is 2.73 bits per heavy atom. The van der Waals surface area contributed by atoms with Crippen LogP contribution in [0.25, 0.3) is 0 Å². The van der Waals surface area contributed by atoms with Crippen molar-refractivity contribution < 1.29 is 9.57 Å². The van der Waals surface area contributed by atoms with E-state index in [0.717, 1.165) is 41.9 Å². The molecule has 0 bridgehead atoms. The SMILES string of the molecule is CN(C)C(=N)c1ccc(C2=NOCC2)c(OC2CCCC2)c1. The Balaban J connectivity index is 1.92. The van der Waals surface area contributed by atoms with Crippen molar-refractivity contribution in [1.82, 2.24) is 4.90 Å². The van der Waals surface area contributed by atoms with Crippen molar-refractivity contribution >= 4 is 11.5 Å². The molecule has 118 valence electrons. The molecule has 0 radical (unpaired) electrons. The minimum absolute atomic E-state index is 0.283. The maximum Gasteiger partial charge on any atom is 0.129 e. The number of oxime groups is 1. The van der Waals surface area contributed by atoms with E-state index in [4.69, 9.17) is 15.0 Å². The van der Waals surface area contributed by atoms with Gasteiger partial charge in [0.05, 0.1) is 11.8 Å². The van der Waals surface area contributed by atoms with Crippen LogP contribution in [0.5, 0.6) is 5.75 Å². The van der Waals surface area contributed by atoms with Gasteiger partial charge in [0.15, 0.2) is 0 Å². The third-order valence-electron chi connectivity index (χ3n) is 4.21. The van der Waals surface area contributed by atoms with Gasteiger partial charge in [-0.15, -0.1) is 0 Å². The van der Waals surface area contributed by atoms with Gasteiger partial charge in [-0.2, -0.15) is 0 Å². The molecular weight excluding hydrogens is 278 g/mol. The summed E-state index contributed by atoms with van der Waals surface area (Å²) in [5.41, 5.74) is 2.80. The van der Waals surface area contributed by atoms with E-state index in [-0.39, 0.29) is 6.10 Å². The first-order chi connectivity index (χ1) is 10.6. The molecule has 1 fully saturated rings. The summed E-state index contributed by atoms with van der Waals surface area (Å²) in [5.74, 6) is 1.31. The van der Waals surface area contributed by atoms with E-state index in [2.05, 4.69) is 5.16 Å². The number of benzene rings is 1. The lowest BCUT2D eigenvalue weighted by molar-refractivity contribution is 0.173. The zero-order chi connectivity index (χ0) is 15.5. The van der Waals surface area contributed by atoms with Gasteiger partial charge in [-0.3, -0.25) is 5.41 Å². The van der Waals surface area contributed by atoms with E-state index in [9.17, 15) is 0 Å². The van der Waals surface area contributed by atoms with Gasteiger partial charge < -0.3 is 14.5 Å². The molecule has 1 saturated carbocycles. The smallest absolute Gasteiger partial charge is 0.129 e. The summed E-state index contributed by atoms with van der Waals surface area (Å²) in [6.07, 6.45) is 5.78. The van der Waals surface area contributed by atoms with Gasteiger partial charge >= 0.3 is 0 Å². The normalized spacial score (nSPS) is 18.0. The lowest BCUT2D eigenvalue weighted by Crippen LogP contribution is -2.22. The molecule has 1 aromatic carbocycles. The maximum atomic E-state index is 8.16. The van der Waals surface area contributed by atoms with Gasteiger partial charge in [-0.25, -0.2) is 0 Å². The van der Waals surface area contributed by atoms with E-state index in [0.29, 0.717) is 12.4 Å². The first-order valence-electron chi connectivity index (χ1n) is 7.91. The first kappa shape index (κ1) is 14.9. The molecule has 5 heteroatoms. The molecule has 0 saturated heterocycles. The summed E-state index contributed by atoms with van der Waals surface area (Å²) in [4.78, 5) is 6.93. The molecule has 0 atom stereocenters. The highest BCUT2D eigenvalue weighted by Crippen LogP contribution is 2.30. The Morgan fingerprint density at radius 1 is 1.32 bits per heavy atom. The zero-order valence-electron chi connectivity index (χ0n) is 13.3. The molecule has 5 nitrogen and oxygen atoms in total. The highest BCUT2D eigenvalue weighted by atomic mass is 16.6. The molecular formula is C17H23N3O2. The van der Waals surface area contributed by atoms with Crippen LogP contribution in [0.2, 0.25) is 0 Å². The fourth-order valence-corrected chi connectivity index (χ4v) is 2.94. The van der Waals surface area contributed by atoms with E-state index >= 15 is 0 Å². The summed E-state index contributed by atoms with van der Waals surface area (Å²) < 4.78 is 6.24. The molecule has 0 spiro atoms. The second-order valence-corrected chi connectivity index (χ2v) is 6.10. The molecule has 1 N–H and O–H groups in total. The van der Waals surface area contributed by atoms with Crippen molar-refractivity contribution in [2.75, 3.05) is 20.7 Å². The van der Waals surface area contributed by atoms with Gasteiger partial charge in [-0.05, 0) is 37.8 Å². The number of hydrogen-bond donors (Lipinski definition) is 1. The molecule has 3 rings (SSSR count). The van der Waals surface area contributed by atoms with Gasteiger partial charge in [0, 0.05) is 31.6 Å². The van der Waals surface area contributed by atoms with Crippen molar-refractivity contribution in [1.29, 1.82) is 5.41 Å². The Kier molecular flexibility index (Phi) is 4.32. The van der Waals surface area contributed by atoms with Gasteiger partial charge in [0.1, 0.15) is 18.2 Å². The number of rotatable bonds is 4. The lowest BCUT2D eigenvalue weighted by atomic mass is 10.0. The Labute approximate surface area is 131 Å². The third-order valence-corrected chi connectivity index (χ3v) is 4.21. The average molecular weight is 301 g/mol. The molecule has 0 unspecified atom stereocenters. The summed E-state index contributed by atoms with van der Waals surface area (Å²) in [6.45, 7) is 0.632. The van der Waals surface area contributed by atoms with Crippen LogP contribution in [0.3, 0.4) is 0 Å². The van der Waals surface area contributed by atoms with Gasteiger partial charge in [0.2, 0.25) is 0 Å². The minimum Gasteiger partial charge on any atom is -0.490 e. The van der Waals surface area contributed by atoms with Crippen LogP contribution in [0.4, 0.5) is 0 Å². The van der Waals surface area contributed by atoms with Gasteiger partial charge in [0.25, 0.3) is 0 Å². The Bertz CT molecular complexity index is 590. The second kappa shape index (κ2) is 6.38. The lowest BCUT2D eigenvalue weighted by Gasteiger charge is -2.19. The first-order valence-corrected chi connectivity index (χ1v) is 7.91. The third kappa shape index (κ3) is 3.08. The number of nitrogens with one attached hydrogen (secondary N) is 1. The van der Waals surface area contributed by atoms with Crippen LogP contribution in [0, 0.1) is 5.41 Å². The highest BCUT2D eigenvalue weighted by Gasteiger charge is 2.22. The largest absolute Gasteiger partial charge is 0.490 e. The maximum absolute atomic E-state index is 8.16. The fourth-order valence-electron chi connectivity index (χ4n) is 2.94. The van der Waals surface area contributed by atoms with E-state index in [1.165, 1.54) is 12.8 Å². The molecule has 1 aliphatic heterocycles. The topological polar surface area (TPSA) is 57.9 Å². The Hall–Kier alpha value is -2.04. The number of hydrogen-bond acceptors (Lipinski definition) is 4. The molecule has 22 heavy (non-hydrogen) atoms. The average Bonchev–Trinajstić information content (AvgIpc) is 3.19. The standard InChI is InChI=1S/C17H23N3O2/c1-20(2)17(18)12-7-8-14(15-9-10-21-19-15)16(11-12)22-13-5-3-4-6-13/h7-8,11,13,18H,3-6,9-10H2,1-2H3. The van der Waals surface area contributed by atoms with Crippen molar-refractivity contribution in [2.45, 2.75) is 38.2 Å². The molecule has 0 amide bonds. The zero-order valence-corrected chi connectivity index (χ0v) is 13.3. The minimum atomic E-state index is 0.283. The predicted molar refractivity (Wildman–Crippen MR) is 86.9 cm³/mol. The summed E-state index contributed by atoms with van der Waals surface area (Å²) in [7, 11) is 3.76. The van der Waals surface area contributed by atoms with Crippen molar-refractivity contribution in [3.05, 3.63) is 29.3 Å².